The molecule has 1 aliphatic rings. The van der Waals surface area contributed by atoms with Crippen LogP contribution in [0.2, 0.25) is 0 Å². The highest BCUT2D eigenvalue weighted by molar-refractivity contribution is 7.91. The van der Waals surface area contributed by atoms with Gasteiger partial charge in [-0.1, -0.05) is 0 Å². The molecular formula is C17H18N2O5S2. The molecule has 1 amide bonds. The molecule has 3 rings (SSSR count). The number of hydrogen-bond donors (Lipinski definition) is 2. The molecule has 7 nitrogen and oxygen atoms in total. The van der Waals surface area contributed by atoms with E-state index in [1.807, 2.05) is 0 Å². The number of nitrogens with zero attached hydrogens (tertiary/aromatic N) is 1. The fourth-order valence-electron chi connectivity index (χ4n) is 2.71. The predicted octanol–water partition coefficient (Wildman–Crippen LogP) is 2.41. The Kier molecular flexibility index (Phi) is 5.40. The first-order valence-electron chi connectivity index (χ1n) is 8.08. The molecule has 2 heterocycles. The summed E-state index contributed by atoms with van der Waals surface area (Å²) in [5.41, 5.74) is 0.625. The quantitative estimate of drug-likeness (QED) is 0.783. The van der Waals surface area contributed by atoms with Crippen LogP contribution < -0.4 is 5.32 Å². The highest BCUT2D eigenvalue weighted by Crippen LogP contribution is 2.27. The SMILES string of the molecule is O=C(Cc1ccc(S(=O)(=O)N2CCCC2)s1)Nc1ccc(C(=O)O)cc1. The fourth-order valence-corrected chi connectivity index (χ4v) is 5.73. The van der Waals surface area contributed by atoms with Crippen molar-refractivity contribution in [1.29, 1.82) is 0 Å². The summed E-state index contributed by atoms with van der Waals surface area (Å²) in [5, 5.41) is 11.5. The Labute approximate surface area is 155 Å². The molecule has 0 bridgehead atoms. The lowest BCUT2D eigenvalue weighted by Crippen LogP contribution is -2.27. The van der Waals surface area contributed by atoms with Gasteiger partial charge in [0.15, 0.2) is 0 Å². The molecule has 1 fully saturated rings. The number of thiophene rings is 1. The molecule has 138 valence electrons. The van der Waals surface area contributed by atoms with Gasteiger partial charge < -0.3 is 10.4 Å². The van der Waals surface area contributed by atoms with Gasteiger partial charge in [0, 0.05) is 23.7 Å². The summed E-state index contributed by atoms with van der Waals surface area (Å²) >= 11 is 1.10. The summed E-state index contributed by atoms with van der Waals surface area (Å²) in [6.45, 7) is 1.09. The minimum absolute atomic E-state index is 0.0564. The molecule has 1 aromatic carbocycles. The maximum Gasteiger partial charge on any atom is 0.335 e. The second-order valence-corrected chi connectivity index (χ2v) is 9.27. The average Bonchev–Trinajstić information content (AvgIpc) is 3.27. The maximum atomic E-state index is 12.5. The van der Waals surface area contributed by atoms with Gasteiger partial charge in [0.05, 0.1) is 12.0 Å². The van der Waals surface area contributed by atoms with Crippen molar-refractivity contribution in [3.8, 4) is 0 Å². The molecule has 0 atom stereocenters. The van der Waals surface area contributed by atoms with Gasteiger partial charge in [0.1, 0.15) is 4.21 Å². The lowest BCUT2D eigenvalue weighted by molar-refractivity contribution is -0.115. The minimum atomic E-state index is -3.46. The first kappa shape index (κ1) is 18.6. The zero-order valence-corrected chi connectivity index (χ0v) is 15.5. The molecule has 2 aromatic rings. The van der Waals surface area contributed by atoms with Gasteiger partial charge in [0.2, 0.25) is 5.91 Å². The molecule has 0 radical (unpaired) electrons. The molecule has 0 saturated carbocycles. The predicted molar refractivity (Wildman–Crippen MR) is 98.0 cm³/mol. The Hall–Kier alpha value is -2.23. The number of carboxylic acids is 1. The highest BCUT2D eigenvalue weighted by Gasteiger charge is 2.28. The van der Waals surface area contributed by atoms with Crippen molar-refractivity contribution in [2.75, 3.05) is 18.4 Å². The summed E-state index contributed by atoms with van der Waals surface area (Å²) in [5.74, 6) is -1.33. The van der Waals surface area contributed by atoms with E-state index in [1.165, 1.54) is 28.6 Å². The number of aromatic carboxylic acids is 1. The Morgan fingerprint density at radius 1 is 1.08 bits per heavy atom. The zero-order valence-electron chi connectivity index (χ0n) is 13.8. The Balaban J connectivity index is 1.63. The number of anilines is 1. The molecule has 1 aromatic heterocycles. The number of amides is 1. The number of benzene rings is 1. The van der Waals surface area contributed by atoms with E-state index in [2.05, 4.69) is 5.32 Å². The monoisotopic (exact) mass is 394 g/mol. The normalized spacial score (nSPS) is 15.1. The maximum absolute atomic E-state index is 12.5. The first-order chi connectivity index (χ1) is 12.4. The van der Waals surface area contributed by atoms with E-state index in [0.29, 0.717) is 23.7 Å². The molecule has 9 heteroatoms. The first-order valence-corrected chi connectivity index (χ1v) is 10.3. The molecule has 2 N–H and O–H groups in total. The lowest BCUT2D eigenvalue weighted by atomic mass is 10.2. The van der Waals surface area contributed by atoms with Crippen LogP contribution in [0.15, 0.2) is 40.6 Å². The van der Waals surface area contributed by atoms with Crippen molar-refractivity contribution in [1.82, 2.24) is 4.31 Å². The standard InChI is InChI=1S/C17H18N2O5S2/c20-15(18-13-5-3-12(4-6-13)17(21)22)11-14-7-8-16(25-14)26(23,24)19-9-1-2-10-19/h3-8H,1-2,9-11H2,(H,18,20)(H,21,22). The molecule has 26 heavy (non-hydrogen) atoms. The van der Waals surface area contributed by atoms with Crippen molar-refractivity contribution in [3.63, 3.8) is 0 Å². The number of carbonyl (C=O) groups is 2. The lowest BCUT2D eigenvalue weighted by Gasteiger charge is -2.13. The number of sulfonamides is 1. The van der Waals surface area contributed by atoms with Crippen molar-refractivity contribution < 1.29 is 23.1 Å². The third-order valence-electron chi connectivity index (χ3n) is 4.05. The van der Waals surface area contributed by atoms with Gasteiger partial charge in [-0.25, -0.2) is 13.2 Å². The Morgan fingerprint density at radius 3 is 2.35 bits per heavy atom. The molecule has 1 aliphatic heterocycles. The second-order valence-electron chi connectivity index (χ2n) is 5.94. The summed E-state index contributed by atoms with van der Waals surface area (Å²) in [6.07, 6.45) is 1.81. The van der Waals surface area contributed by atoms with Crippen LogP contribution in [0.1, 0.15) is 28.1 Å². The van der Waals surface area contributed by atoms with Crippen LogP contribution in [-0.4, -0.2) is 42.8 Å². The van der Waals surface area contributed by atoms with Crippen LogP contribution >= 0.6 is 11.3 Å². The van der Waals surface area contributed by atoms with Gasteiger partial charge in [-0.05, 0) is 49.2 Å². The van der Waals surface area contributed by atoms with Gasteiger partial charge in [-0.3, -0.25) is 4.79 Å². The zero-order chi connectivity index (χ0) is 18.7. The third-order valence-corrected chi connectivity index (χ3v) is 7.50. The topological polar surface area (TPSA) is 104 Å². The largest absolute Gasteiger partial charge is 0.478 e. The van der Waals surface area contributed by atoms with Gasteiger partial charge >= 0.3 is 5.97 Å². The van der Waals surface area contributed by atoms with E-state index < -0.39 is 16.0 Å². The molecule has 1 saturated heterocycles. The fraction of sp³-hybridized carbons (Fsp3) is 0.294. The second kappa shape index (κ2) is 7.56. The van der Waals surface area contributed by atoms with Crippen molar-refractivity contribution >= 4 is 38.9 Å². The number of rotatable bonds is 6. The van der Waals surface area contributed by atoms with Crippen LogP contribution in [0.3, 0.4) is 0 Å². The van der Waals surface area contributed by atoms with Crippen LogP contribution in [-0.2, 0) is 21.2 Å². The van der Waals surface area contributed by atoms with E-state index in [9.17, 15) is 18.0 Å². The Bertz CT molecular complexity index is 913. The van der Waals surface area contributed by atoms with E-state index in [0.717, 1.165) is 24.2 Å². The molecule has 0 spiro atoms. The molecule has 0 aliphatic carbocycles. The van der Waals surface area contributed by atoms with Crippen molar-refractivity contribution in [3.05, 3.63) is 46.8 Å². The Morgan fingerprint density at radius 2 is 1.73 bits per heavy atom. The summed E-state index contributed by atoms with van der Waals surface area (Å²) < 4.78 is 26.7. The molecule has 0 unspecified atom stereocenters. The summed E-state index contributed by atoms with van der Waals surface area (Å²) in [4.78, 5) is 23.6. The van der Waals surface area contributed by atoms with Crippen molar-refractivity contribution in [2.24, 2.45) is 0 Å². The number of hydrogen-bond acceptors (Lipinski definition) is 5. The van der Waals surface area contributed by atoms with E-state index in [1.54, 1.807) is 12.1 Å². The van der Waals surface area contributed by atoms with Gasteiger partial charge in [0.25, 0.3) is 10.0 Å². The van der Waals surface area contributed by atoms with Crippen LogP contribution in [0.25, 0.3) is 0 Å². The van der Waals surface area contributed by atoms with Crippen LogP contribution in [0.5, 0.6) is 0 Å². The third kappa shape index (κ3) is 4.12. The van der Waals surface area contributed by atoms with Crippen LogP contribution in [0, 0.1) is 0 Å². The number of carboxylic acid groups (broad SMARTS) is 1. The van der Waals surface area contributed by atoms with E-state index in [-0.39, 0.29) is 22.1 Å². The van der Waals surface area contributed by atoms with Gasteiger partial charge in [-0.2, -0.15) is 4.31 Å². The minimum Gasteiger partial charge on any atom is -0.478 e. The van der Waals surface area contributed by atoms with Gasteiger partial charge in [-0.15, -0.1) is 11.3 Å². The highest BCUT2D eigenvalue weighted by atomic mass is 32.2. The average molecular weight is 394 g/mol. The summed E-state index contributed by atoms with van der Waals surface area (Å²) in [6, 6.07) is 9.04. The summed E-state index contributed by atoms with van der Waals surface area (Å²) in [7, 11) is -3.46. The number of nitrogens with one attached hydrogen (secondary N) is 1. The van der Waals surface area contributed by atoms with Crippen molar-refractivity contribution in [2.45, 2.75) is 23.5 Å². The number of carbonyl (C=O) groups excluding carboxylic acids is 1. The van der Waals surface area contributed by atoms with E-state index in [4.69, 9.17) is 5.11 Å². The molecular weight excluding hydrogens is 376 g/mol. The smallest absolute Gasteiger partial charge is 0.335 e. The van der Waals surface area contributed by atoms with Crippen LogP contribution in [0.4, 0.5) is 5.69 Å². The van der Waals surface area contributed by atoms with E-state index >= 15 is 0 Å².